The largest absolute Gasteiger partial charge is 0.370 e. The van der Waals surface area contributed by atoms with Gasteiger partial charge in [0.25, 0.3) is 0 Å². The van der Waals surface area contributed by atoms with Gasteiger partial charge < -0.3 is 10.1 Å². The maximum absolute atomic E-state index is 5.74. The average Bonchev–Trinajstić information content (AvgIpc) is 3.06. The van der Waals surface area contributed by atoms with Crippen LogP contribution in [0.4, 0.5) is 5.82 Å². The Bertz CT molecular complexity index is 881. The van der Waals surface area contributed by atoms with Crippen LogP contribution in [0.5, 0.6) is 0 Å². The smallest absolute Gasteiger partial charge is 0.183 e. The van der Waals surface area contributed by atoms with E-state index in [0.29, 0.717) is 0 Å². The van der Waals surface area contributed by atoms with Gasteiger partial charge in [-0.25, -0.2) is 0 Å². The number of benzene rings is 1. The molecule has 1 aliphatic carbocycles. The normalized spacial score (nSPS) is 21.5. The summed E-state index contributed by atoms with van der Waals surface area (Å²) in [6.07, 6.45) is 4.51. The van der Waals surface area contributed by atoms with Gasteiger partial charge in [-0.1, -0.05) is 30.3 Å². The SMILES string of the molecule is c1ccc(C2(CNc3ccc4nnc([C@H]5CCCO5)n4n3)CC2)cc1. The van der Waals surface area contributed by atoms with Crippen LogP contribution in [0.3, 0.4) is 0 Å². The van der Waals surface area contributed by atoms with Crippen LogP contribution >= 0.6 is 0 Å². The first-order chi connectivity index (χ1) is 12.3. The van der Waals surface area contributed by atoms with E-state index in [4.69, 9.17) is 9.84 Å². The second-order valence-electron chi connectivity index (χ2n) is 7.05. The highest BCUT2D eigenvalue weighted by molar-refractivity contribution is 5.45. The van der Waals surface area contributed by atoms with Crippen molar-refractivity contribution >= 4 is 11.5 Å². The predicted octanol–water partition coefficient (Wildman–Crippen LogP) is 3.12. The van der Waals surface area contributed by atoms with Crippen LogP contribution in [0.1, 0.15) is 43.2 Å². The van der Waals surface area contributed by atoms with Crippen LogP contribution in [0, 0.1) is 0 Å². The molecule has 1 atom stereocenters. The zero-order valence-corrected chi connectivity index (χ0v) is 14.1. The zero-order chi connectivity index (χ0) is 16.7. The fourth-order valence-corrected chi connectivity index (χ4v) is 3.65. The predicted molar refractivity (Wildman–Crippen MR) is 94.6 cm³/mol. The molecule has 0 amide bonds. The highest BCUT2D eigenvalue weighted by Crippen LogP contribution is 2.48. The number of fused-ring (bicyclic) bond motifs is 1. The van der Waals surface area contributed by atoms with E-state index in [1.54, 1.807) is 0 Å². The minimum absolute atomic E-state index is 0.0110. The van der Waals surface area contributed by atoms with Crippen LogP contribution < -0.4 is 5.32 Å². The summed E-state index contributed by atoms with van der Waals surface area (Å²) in [6.45, 7) is 1.68. The first-order valence-electron chi connectivity index (χ1n) is 8.97. The lowest BCUT2D eigenvalue weighted by Gasteiger charge is -2.17. The summed E-state index contributed by atoms with van der Waals surface area (Å²) in [6, 6.07) is 14.7. The molecule has 3 aromatic rings. The van der Waals surface area contributed by atoms with Gasteiger partial charge in [0.15, 0.2) is 11.5 Å². The van der Waals surface area contributed by atoms with Crippen LogP contribution in [0.25, 0.3) is 5.65 Å². The molecular weight excluding hydrogens is 314 g/mol. The Morgan fingerprint density at radius 3 is 2.76 bits per heavy atom. The Kier molecular flexibility index (Phi) is 3.45. The number of nitrogens with one attached hydrogen (secondary N) is 1. The quantitative estimate of drug-likeness (QED) is 0.776. The molecule has 25 heavy (non-hydrogen) atoms. The van der Waals surface area contributed by atoms with Crippen molar-refractivity contribution in [3.8, 4) is 0 Å². The molecule has 1 aliphatic heterocycles. The van der Waals surface area contributed by atoms with Gasteiger partial charge in [-0.3, -0.25) is 0 Å². The molecule has 2 aromatic heterocycles. The summed E-state index contributed by atoms with van der Waals surface area (Å²) < 4.78 is 7.56. The Morgan fingerprint density at radius 1 is 1.12 bits per heavy atom. The summed E-state index contributed by atoms with van der Waals surface area (Å²) >= 11 is 0. The molecule has 3 heterocycles. The molecule has 6 heteroatoms. The number of rotatable bonds is 5. The lowest BCUT2D eigenvalue weighted by molar-refractivity contribution is 0.103. The average molecular weight is 335 g/mol. The van der Waals surface area contributed by atoms with E-state index in [2.05, 4.69) is 45.8 Å². The standard InChI is InChI=1S/C19H21N5O/c1-2-5-14(6-3-1)19(10-11-19)13-20-16-8-9-17-21-22-18(24(17)23-16)15-7-4-12-25-15/h1-3,5-6,8-9,15H,4,7,10-13H2,(H,20,23)/t15-/m1/s1. The highest BCUT2D eigenvalue weighted by atomic mass is 16.5. The molecule has 2 fully saturated rings. The van der Waals surface area contributed by atoms with Crippen molar-refractivity contribution in [2.24, 2.45) is 0 Å². The van der Waals surface area contributed by atoms with Crippen LogP contribution in [0.15, 0.2) is 42.5 Å². The van der Waals surface area contributed by atoms with E-state index in [0.717, 1.165) is 43.3 Å². The van der Waals surface area contributed by atoms with E-state index in [9.17, 15) is 0 Å². The van der Waals surface area contributed by atoms with Crippen molar-refractivity contribution in [3.05, 3.63) is 53.9 Å². The molecule has 1 saturated heterocycles. The summed E-state index contributed by atoms with van der Waals surface area (Å²) in [5.74, 6) is 1.66. The minimum Gasteiger partial charge on any atom is -0.370 e. The van der Waals surface area contributed by atoms with E-state index < -0.39 is 0 Å². The summed E-state index contributed by atoms with van der Waals surface area (Å²) in [5, 5.41) is 16.7. The van der Waals surface area contributed by atoms with Gasteiger partial charge in [0.05, 0.1) is 0 Å². The highest BCUT2D eigenvalue weighted by Gasteiger charge is 2.43. The second kappa shape index (κ2) is 5.81. The van der Waals surface area contributed by atoms with Crippen molar-refractivity contribution in [3.63, 3.8) is 0 Å². The topological polar surface area (TPSA) is 64.3 Å². The maximum atomic E-state index is 5.74. The lowest BCUT2D eigenvalue weighted by Crippen LogP contribution is -2.20. The number of anilines is 1. The van der Waals surface area contributed by atoms with Crippen molar-refractivity contribution in [1.29, 1.82) is 0 Å². The number of nitrogens with zero attached hydrogens (tertiary/aromatic N) is 4. The molecule has 1 aromatic carbocycles. The van der Waals surface area contributed by atoms with Gasteiger partial charge in [-0.15, -0.1) is 15.3 Å². The number of ether oxygens (including phenoxy) is 1. The molecule has 0 unspecified atom stereocenters. The van der Waals surface area contributed by atoms with Crippen LogP contribution in [0.2, 0.25) is 0 Å². The molecule has 1 N–H and O–H groups in total. The van der Waals surface area contributed by atoms with E-state index >= 15 is 0 Å². The molecule has 6 nitrogen and oxygen atoms in total. The number of hydrogen-bond donors (Lipinski definition) is 1. The molecule has 1 saturated carbocycles. The lowest BCUT2D eigenvalue weighted by atomic mass is 9.96. The third-order valence-electron chi connectivity index (χ3n) is 5.35. The third kappa shape index (κ3) is 2.66. The summed E-state index contributed by atoms with van der Waals surface area (Å²) in [7, 11) is 0. The maximum Gasteiger partial charge on any atom is 0.183 e. The second-order valence-corrected chi connectivity index (χ2v) is 7.05. The van der Waals surface area contributed by atoms with Gasteiger partial charge in [0.1, 0.15) is 11.9 Å². The van der Waals surface area contributed by atoms with Gasteiger partial charge in [-0.2, -0.15) is 4.52 Å². The monoisotopic (exact) mass is 335 g/mol. The van der Waals surface area contributed by atoms with E-state index in [1.807, 2.05) is 16.6 Å². The summed E-state index contributed by atoms with van der Waals surface area (Å²) in [5.41, 5.74) is 2.43. The fraction of sp³-hybridized carbons (Fsp3) is 0.421. The third-order valence-corrected chi connectivity index (χ3v) is 5.35. The Balaban J connectivity index is 1.37. The zero-order valence-electron chi connectivity index (χ0n) is 14.1. The van der Waals surface area contributed by atoms with Crippen molar-refractivity contribution in [2.45, 2.75) is 37.2 Å². The molecule has 0 radical (unpaired) electrons. The number of hydrogen-bond acceptors (Lipinski definition) is 5. The van der Waals surface area contributed by atoms with Crippen molar-refractivity contribution in [1.82, 2.24) is 19.8 Å². The first kappa shape index (κ1) is 14.8. The van der Waals surface area contributed by atoms with Gasteiger partial charge in [0, 0.05) is 18.6 Å². The molecule has 128 valence electrons. The minimum atomic E-state index is 0.0110. The molecule has 2 aliphatic rings. The van der Waals surface area contributed by atoms with Crippen molar-refractivity contribution < 1.29 is 4.74 Å². The molecule has 0 spiro atoms. The van der Waals surface area contributed by atoms with E-state index in [1.165, 1.54) is 18.4 Å². The summed E-state index contributed by atoms with van der Waals surface area (Å²) in [4.78, 5) is 0. The fourth-order valence-electron chi connectivity index (χ4n) is 3.65. The van der Waals surface area contributed by atoms with Crippen LogP contribution in [-0.4, -0.2) is 33.0 Å². The molecule has 0 bridgehead atoms. The Morgan fingerprint density at radius 2 is 2.00 bits per heavy atom. The molecule has 5 rings (SSSR count). The molecular formula is C19H21N5O. The first-order valence-corrected chi connectivity index (χ1v) is 8.97. The van der Waals surface area contributed by atoms with Crippen LogP contribution in [-0.2, 0) is 10.2 Å². The Hall–Kier alpha value is -2.47. The van der Waals surface area contributed by atoms with Gasteiger partial charge in [-0.05, 0) is 43.4 Å². The Labute approximate surface area is 146 Å². The van der Waals surface area contributed by atoms with Gasteiger partial charge in [0.2, 0.25) is 0 Å². The number of aromatic nitrogens is 4. The van der Waals surface area contributed by atoms with E-state index in [-0.39, 0.29) is 11.5 Å². The van der Waals surface area contributed by atoms with Gasteiger partial charge >= 0.3 is 0 Å². The van der Waals surface area contributed by atoms with Crippen molar-refractivity contribution in [2.75, 3.05) is 18.5 Å².